The molecule has 1 aromatic heterocycles. The number of halogens is 2. The molecule has 0 N–H and O–H groups in total. The highest BCUT2D eigenvalue weighted by Gasteiger charge is 2.26. The Bertz CT molecular complexity index is 1280. The maximum absolute atomic E-state index is 13.6. The van der Waals surface area contributed by atoms with E-state index in [1.54, 1.807) is 0 Å². The second-order valence-corrected chi connectivity index (χ2v) is 9.36. The molecule has 194 valence electrons. The van der Waals surface area contributed by atoms with E-state index in [2.05, 4.69) is 42.3 Å². The molecule has 0 saturated heterocycles. The van der Waals surface area contributed by atoms with Crippen LogP contribution in [0.4, 0.5) is 8.78 Å². The second kappa shape index (κ2) is 12.0. The number of aryl methyl sites for hydroxylation is 1. The smallest absolute Gasteiger partial charge is 0.266 e. The minimum atomic E-state index is -2.70. The Kier molecular flexibility index (Phi) is 8.98. The lowest BCUT2D eigenvalue weighted by Crippen LogP contribution is -2.39. The van der Waals surface area contributed by atoms with Gasteiger partial charge < -0.3 is 4.90 Å². The molecule has 4 rings (SSSR count). The summed E-state index contributed by atoms with van der Waals surface area (Å²) in [6, 6.07) is 20.2. The van der Waals surface area contributed by atoms with Crippen molar-refractivity contribution < 1.29 is 8.78 Å². The van der Waals surface area contributed by atoms with Crippen molar-refractivity contribution in [2.24, 2.45) is 0 Å². The zero-order chi connectivity index (χ0) is 27.2. The summed E-state index contributed by atoms with van der Waals surface area (Å²) >= 11 is 0. The van der Waals surface area contributed by atoms with Crippen molar-refractivity contribution in [3.8, 4) is 0 Å². The maximum Gasteiger partial charge on any atom is 0.266 e. The third-order valence-electron chi connectivity index (χ3n) is 6.53. The first-order valence-corrected chi connectivity index (χ1v) is 12.3. The molecule has 0 fully saturated rings. The van der Waals surface area contributed by atoms with Gasteiger partial charge in [0.1, 0.15) is 5.82 Å². The normalized spacial score (nSPS) is 13.5. The lowest BCUT2D eigenvalue weighted by Gasteiger charge is -2.31. The summed E-state index contributed by atoms with van der Waals surface area (Å²) in [5.41, 5.74) is 5.01. The van der Waals surface area contributed by atoms with Crippen LogP contribution in [0.3, 0.4) is 0 Å². The molecule has 1 aliphatic heterocycles. The standard InChI is InChI=1S/C24H25N3O.C7H10F2/c1-17(2)26-15-14-21-22(16-26)25-18(3)27(24(21)28)23(19-10-6-4-7-11-19)20-12-8-5-9-13-20;1-4-5-6(2)7(3,8)9/h4-13,23H,1,14-16H2,2-3H3;4-5H,1H2,2-3H3/b;6-5+. The molecule has 0 unspecified atom stereocenters. The fourth-order valence-electron chi connectivity index (χ4n) is 4.34. The molecule has 0 amide bonds. The summed E-state index contributed by atoms with van der Waals surface area (Å²) in [6.45, 7) is 15.0. The Hall–Kier alpha value is -3.80. The summed E-state index contributed by atoms with van der Waals surface area (Å²) < 4.78 is 26.2. The average molecular weight is 504 g/mol. The van der Waals surface area contributed by atoms with Crippen LogP contribution < -0.4 is 5.56 Å². The van der Waals surface area contributed by atoms with Gasteiger partial charge in [-0.15, -0.1) is 0 Å². The van der Waals surface area contributed by atoms with Crippen LogP contribution in [0.5, 0.6) is 0 Å². The molecule has 4 nitrogen and oxygen atoms in total. The van der Waals surface area contributed by atoms with Gasteiger partial charge in [-0.1, -0.05) is 86.0 Å². The van der Waals surface area contributed by atoms with Crippen molar-refractivity contribution in [2.75, 3.05) is 6.54 Å². The maximum atomic E-state index is 13.6. The first-order valence-electron chi connectivity index (χ1n) is 12.3. The van der Waals surface area contributed by atoms with E-state index in [9.17, 15) is 13.6 Å². The van der Waals surface area contributed by atoms with Crippen molar-refractivity contribution in [1.82, 2.24) is 14.5 Å². The van der Waals surface area contributed by atoms with E-state index >= 15 is 0 Å². The van der Waals surface area contributed by atoms with Crippen LogP contribution in [0.15, 0.2) is 102 Å². The van der Waals surface area contributed by atoms with Gasteiger partial charge in [-0.05, 0) is 43.9 Å². The van der Waals surface area contributed by atoms with Crippen molar-refractivity contribution >= 4 is 0 Å². The minimum Gasteiger partial charge on any atom is -0.369 e. The van der Waals surface area contributed by atoms with Crippen LogP contribution in [0, 0.1) is 6.92 Å². The van der Waals surface area contributed by atoms with Gasteiger partial charge in [0.2, 0.25) is 0 Å². The number of alkyl halides is 2. The van der Waals surface area contributed by atoms with Gasteiger partial charge in [0.05, 0.1) is 18.3 Å². The lowest BCUT2D eigenvalue weighted by molar-refractivity contribution is 0.0635. The first kappa shape index (κ1) is 27.8. The number of fused-ring (bicyclic) bond motifs is 1. The van der Waals surface area contributed by atoms with E-state index in [0.29, 0.717) is 13.0 Å². The molecule has 0 atom stereocenters. The summed E-state index contributed by atoms with van der Waals surface area (Å²) in [7, 11) is 0. The number of hydrogen-bond acceptors (Lipinski definition) is 3. The van der Waals surface area contributed by atoms with Crippen molar-refractivity contribution in [3.05, 3.63) is 136 Å². The third kappa shape index (κ3) is 6.70. The molecule has 0 spiro atoms. The predicted octanol–water partition coefficient (Wildman–Crippen LogP) is 6.86. The molecule has 37 heavy (non-hydrogen) atoms. The molecule has 0 aliphatic carbocycles. The molecule has 0 saturated carbocycles. The van der Waals surface area contributed by atoms with Crippen LogP contribution >= 0.6 is 0 Å². The number of rotatable bonds is 6. The number of aromatic nitrogens is 2. The van der Waals surface area contributed by atoms with Gasteiger partial charge in [0, 0.05) is 24.7 Å². The summed E-state index contributed by atoms with van der Waals surface area (Å²) in [6.07, 6.45) is 3.36. The molecule has 2 aromatic carbocycles. The number of nitrogens with zero attached hydrogens (tertiary/aromatic N) is 3. The Morgan fingerprint density at radius 1 is 1.05 bits per heavy atom. The first-order chi connectivity index (χ1) is 17.5. The molecule has 3 aromatic rings. The van der Waals surface area contributed by atoms with Crippen molar-refractivity contribution in [2.45, 2.75) is 52.6 Å². The van der Waals surface area contributed by atoms with Gasteiger partial charge in [-0.2, -0.15) is 0 Å². The Morgan fingerprint density at radius 3 is 2.03 bits per heavy atom. The van der Waals surface area contributed by atoms with Gasteiger partial charge in [-0.3, -0.25) is 9.36 Å². The molecule has 2 heterocycles. The highest BCUT2D eigenvalue weighted by Crippen LogP contribution is 2.28. The van der Waals surface area contributed by atoms with Crippen LogP contribution in [0.1, 0.15) is 55.0 Å². The predicted molar refractivity (Wildman–Crippen MR) is 147 cm³/mol. The molecule has 0 bridgehead atoms. The zero-order valence-electron chi connectivity index (χ0n) is 22.0. The van der Waals surface area contributed by atoms with Crippen LogP contribution in [0.2, 0.25) is 0 Å². The fourth-order valence-corrected chi connectivity index (χ4v) is 4.34. The Morgan fingerprint density at radius 2 is 1.59 bits per heavy atom. The van der Waals surface area contributed by atoms with Crippen molar-refractivity contribution in [3.63, 3.8) is 0 Å². The number of benzene rings is 2. The Balaban J connectivity index is 0.000000364. The fraction of sp³-hybridized carbons (Fsp3) is 0.290. The molecule has 1 aliphatic rings. The van der Waals surface area contributed by atoms with Crippen molar-refractivity contribution in [1.29, 1.82) is 0 Å². The molecule has 6 heteroatoms. The van der Waals surface area contributed by atoms with Crippen LogP contribution in [0.25, 0.3) is 0 Å². The third-order valence-corrected chi connectivity index (χ3v) is 6.53. The average Bonchev–Trinajstić information content (AvgIpc) is 2.87. The number of allylic oxidation sites excluding steroid dienone is 4. The molecular weight excluding hydrogens is 468 g/mol. The van der Waals surface area contributed by atoms with E-state index in [4.69, 9.17) is 4.98 Å². The second-order valence-electron chi connectivity index (χ2n) is 9.36. The highest BCUT2D eigenvalue weighted by molar-refractivity contribution is 5.35. The van der Waals surface area contributed by atoms with Gasteiger partial charge >= 0.3 is 0 Å². The zero-order valence-corrected chi connectivity index (χ0v) is 22.0. The number of hydrogen-bond donors (Lipinski definition) is 0. The Labute approximate surface area is 218 Å². The summed E-state index contributed by atoms with van der Waals surface area (Å²) in [5, 5.41) is 0. The van der Waals surface area contributed by atoms with Crippen LogP contribution in [-0.2, 0) is 13.0 Å². The summed E-state index contributed by atoms with van der Waals surface area (Å²) in [5.74, 6) is -1.96. The summed E-state index contributed by atoms with van der Waals surface area (Å²) in [4.78, 5) is 20.6. The quantitative estimate of drug-likeness (QED) is 0.345. The largest absolute Gasteiger partial charge is 0.369 e. The van der Waals surface area contributed by atoms with E-state index in [0.717, 1.165) is 47.4 Å². The molecule has 0 radical (unpaired) electrons. The van der Waals surface area contributed by atoms with Gasteiger partial charge in [0.15, 0.2) is 0 Å². The molecular formula is C31H35F2N3O. The SMILES string of the molecule is C=C(C)N1CCc2c(nc(C)n(C(c3ccccc3)c3ccccc3)c2=O)C1.C=C/C=C(\C)C(C)(F)F. The van der Waals surface area contributed by atoms with E-state index < -0.39 is 5.92 Å². The lowest BCUT2D eigenvalue weighted by atomic mass is 9.97. The minimum absolute atomic E-state index is 0.0394. The van der Waals surface area contributed by atoms with E-state index in [1.165, 1.54) is 19.1 Å². The van der Waals surface area contributed by atoms with Gasteiger partial charge in [0.25, 0.3) is 11.5 Å². The van der Waals surface area contributed by atoms with Gasteiger partial charge in [-0.25, -0.2) is 13.8 Å². The highest BCUT2D eigenvalue weighted by atomic mass is 19.3. The monoisotopic (exact) mass is 503 g/mol. The topological polar surface area (TPSA) is 38.1 Å². The van der Waals surface area contributed by atoms with Crippen LogP contribution in [-0.4, -0.2) is 26.9 Å². The van der Waals surface area contributed by atoms with E-state index in [-0.39, 0.29) is 17.2 Å². The van der Waals surface area contributed by atoms with E-state index in [1.807, 2.05) is 54.8 Å².